The molecule has 2 N–H and O–H groups in total. The van der Waals surface area contributed by atoms with Crippen LogP contribution in [0.1, 0.15) is 17.3 Å². The molecule has 0 saturated carbocycles. The number of hydrogen-bond donors (Lipinski definition) is 2. The molecule has 8 heteroatoms. The number of hydrogen-bond acceptors (Lipinski definition) is 5. The standard InChI is InChI=1S/C19H23ClFN3O3/c1-12(6-7-15(20)13(2)21)17-16(11-23-9-10-26-17)27-19-14(18(25)22-3)5-4-8-24-19/h4-8,16-17,23H,1,9-11H2,2-3H3,(H,22,25). The number of halogens is 2. The van der Waals surface area contributed by atoms with Crippen LogP contribution >= 0.6 is 11.6 Å². The highest BCUT2D eigenvalue weighted by Crippen LogP contribution is 2.22. The first-order chi connectivity index (χ1) is 12.9. The SMILES string of the molecule is C=C(C=CC(Cl)=C(C)F)C1OCCNCC1Oc1ncccc1C(=O)NC. The highest BCUT2D eigenvalue weighted by Gasteiger charge is 2.29. The van der Waals surface area contributed by atoms with E-state index >= 15 is 0 Å². The van der Waals surface area contributed by atoms with Gasteiger partial charge in [0.05, 0.1) is 11.6 Å². The molecule has 1 aromatic rings. The van der Waals surface area contributed by atoms with Gasteiger partial charge in [-0.2, -0.15) is 0 Å². The molecule has 146 valence electrons. The number of nitrogens with zero attached hydrogens (tertiary/aromatic N) is 1. The van der Waals surface area contributed by atoms with E-state index in [2.05, 4.69) is 22.2 Å². The molecule has 1 amide bonds. The number of carbonyl (C=O) groups is 1. The molecule has 0 aliphatic carbocycles. The monoisotopic (exact) mass is 395 g/mol. The summed E-state index contributed by atoms with van der Waals surface area (Å²) in [7, 11) is 1.54. The molecule has 0 aromatic carbocycles. The molecule has 2 heterocycles. The number of carbonyl (C=O) groups excluding carboxylic acids is 1. The molecular weight excluding hydrogens is 373 g/mol. The van der Waals surface area contributed by atoms with Crippen LogP contribution in [0.25, 0.3) is 0 Å². The summed E-state index contributed by atoms with van der Waals surface area (Å²) < 4.78 is 25.0. The highest BCUT2D eigenvalue weighted by atomic mass is 35.5. The van der Waals surface area contributed by atoms with Crippen LogP contribution in [0, 0.1) is 0 Å². The van der Waals surface area contributed by atoms with Crippen molar-refractivity contribution in [3.8, 4) is 5.88 Å². The highest BCUT2D eigenvalue weighted by molar-refractivity contribution is 6.31. The van der Waals surface area contributed by atoms with E-state index in [0.717, 1.165) is 0 Å². The van der Waals surface area contributed by atoms with Gasteiger partial charge in [0.25, 0.3) is 5.91 Å². The largest absolute Gasteiger partial charge is 0.469 e. The van der Waals surface area contributed by atoms with Crippen molar-refractivity contribution < 1.29 is 18.7 Å². The molecule has 1 fully saturated rings. The van der Waals surface area contributed by atoms with Gasteiger partial charge in [0.1, 0.15) is 23.6 Å². The fourth-order valence-electron chi connectivity index (χ4n) is 2.49. The van der Waals surface area contributed by atoms with Gasteiger partial charge < -0.3 is 20.1 Å². The fourth-order valence-corrected chi connectivity index (χ4v) is 2.55. The zero-order valence-corrected chi connectivity index (χ0v) is 16.1. The van der Waals surface area contributed by atoms with Crippen molar-refractivity contribution in [2.45, 2.75) is 19.1 Å². The topological polar surface area (TPSA) is 72.5 Å². The van der Waals surface area contributed by atoms with Crippen LogP contribution < -0.4 is 15.4 Å². The minimum atomic E-state index is -0.514. The Morgan fingerprint density at radius 1 is 1.56 bits per heavy atom. The summed E-state index contributed by atoms with van der Waals surface area (Å²) in [6.45, 7) is 6.82. The van der Waals surface area contributed by atoms with E-state index in [9.17, 15) is 9.18 Å². The smallest absolute Gasteiger partial charge is 0.256 e. The maximum Gasteiger partial charge on any atom is 0.256 e. The average Bonchev–Trinajstić information content (AvgIpc) is 2.91. The predicted molar refractivity (Wildman–Crippen MR) is 103 cm³/mol. The van der Waals surface area contributed by atoms with E-state index in [4.69, 9.17) is 21.1 Å². The van der Waals surface area contributed by atoms with Gasteiger partial charge in [0.2, 0.25) is 5.88 Å². The summed E-state index contributed by atoms with van der Waals surface area (Å²) in [4.78, 5) is 16.2. The Balaban J connectivity index is 2.24. The summed E-state index contributed by atoms with van der Waals surface area (Å²) in [5.74, 6) is -0.583. The summed E-state index contributed by atoms with van der Waals surface area (Å²) in [5.41, 5.74) is 0.892. The summed E-state index contributed by atoms with van der Waals surface area (Å²) >= 11 is 5.81. The molecule has 0 spiro atoms. The first kappa shape index (κ1) is 21.1. The second-order valence-corrected chi connectivity index (χ2v) is 6.28. The van der Waals surface area contributed by atoms with Crippen LogP contribution in [0.5, 0.6) is 5.88 Å². The predicted octanol–water partition coefficient (Wildman–Crippen LogP) is 2.73. The van der Waals surface area contributed by atoms with Crippen molar-refractivity contribution in [1.82, 2.24) is 15.6 Å². The molecule has 1 aliphatic heterocycles. The van der Waals surface area contributed by atoms with Crippen molar-refractivity contribution in [2.24, 2.45) is 0 Å². The van der Waals surface area contributed by atoms with Crippen LogP contribution in [0.3, 0.4) is 0 Å². The fraction of sp³-hybridized carbons (Fsp3) is 0.368. The Bertz CT molecular complexity index is 747. The Labute approximate surface area is 163 Å². The molecule has 1 saturated heterocycles. The zero-order chi connectivity index (χ0) is 19.8. The van der Waals surface area contributed by atoms with Gasteiger partial charge in [0.15, 0.2) is 0 Å². The number of aromatic nitrogens is 1. The third-order valence-corrected chi connectivity index (χ3v) is 4.29. The van der Waals surface area contributed by atoms with Crippen molar-refractivity contribution in [2.75, 3.05) is 26.7 Å². The normalized spacial score (nSPS) is 21.3. The number of nitrogens with one attached hydrogen (secondary N) is 2. The zero-order valence-electron chi connectivity index (χ0n) is 15.3. The number of amides is 1. The van der Waals surface area contributed by atoms with Crippen molar-refractivity contribution in [1.29, 1.82) is 0 Å². The van der Waals surface area contributed by atoms with E-state index < -0.39 is 18.0 Å². The lowest BCUT2D eigenvalue weighted by molar-refractivity contribution is 0.0160. The van der Waals surface area contributed by atoms with E-state index in [0.29, 0.717) is 30.8 Å². The number of allylic oxidation sites excluding steroid dienone is 3. The van der Waals surface area contributed by atoms with E-state index in [1.807, 2.05) is 0 Å². The molecule has 0 bridgehead atoms. The van der Waals surface area contributed by atoms with E-state index in [1.165, 1.54) is 20.0 Å². The Hall–Kier alpha value is -2.22. The Morgan fingerprint density at radius 3 is 3.04 bits per heavy atom. The van der Waals surface area contributed by atoms with Gasteiger partial charge in [-0.15, -0.1) is 0 Å². The molecule has 0 radical (unpaired) electrons. The molecule has 2 atom stereocenters. The van der Waals surface area contributed by atoms with E-state index in [-0.39, 0.29) is 16.8 Å². The van der Waals surface area contributed by atoms with Gasteiger partial charge in [-0.3, -0.25) is 4.79 Å². The second-order valence-electron chi connectivity index (χ2n) is 5.88. The molecule has 2 rings (SSSR count). The van der Waals surface area contributed by atoms with Gasteiger partial charge in [0, 0.05) is 26.3 Å². The molecule has 1 aromatic heterocycles. The molecule has 1 aliphatic rings. The minimum Gasteiger partial charge on any atom is -0.469 e. The maximum absolute atomic E-state index is 13.1. The van der Waals surface area contributed by atoms with Gasteiger partial charge in [-0.1, -0.05) is 24.3 Å². The van der Waals surface area contributed by atoms with Gasteiger partial charge in [-0.05, 0) is 30.7 Å². The second kappa shape index (κ2) is 10.2. The number of pyridine rings is 1. The Morgan fingerprint density at radius 2 is 2.33 bits per heavy atom. The first-order valence-electron chi connectivity index (χ1n) is 8.49. The summed E-state index contributed by atoms with van der Waals surface area (Å²) in [5, 5.41) is 5.76. The lowest BCUT2D eigenvalue weighted by atomic mass is 10.0. The maximum atomic E-state index is 13.1. The van der Waals surface area contributed by atoms with Crippen molar-refractivity contribution >= 4 is 17.5 Å². The van der Waals surface area contributed by atoms with Crippen LogP contribution in [0.15, 0.2) is 53.5 Å². The summed E-state index contributed by atoms with van der Waals surface area (Å²) in [6, 6.07) is 3.29. The molecule has 6 nitrogen and oxygen atoms in total. The number of rotatable bonds is 6. The third-order valence-electron chi connectivity index (χ3n) is 3.90. The molecule has 27 heavy (non-hydrogen) atoms. The van der Waals surface area contributed by atoms with Crippen LogP contribution in [-0.2, 0) is 4.74 Å². The van der Waals surface area contributed by atoms with Gasteiger partial charge in [-0.25, -0.2) is 9.37 Å². The molecular formula is C19H23ClFN3O3. The van der Waals surface area contributed by atoms with E-state index in [1.54, 1.807) is 24.4 Å². The van der Waals surface area contributed by atoms with Crippen LogP contribution in [0.4, 0.5) is 4.39 Å². The van der Waals surface area contributed by atoms with Crippen LogP contribution in [-0.4, -0.2) is 49.8 Å². The minimum absolute atomic E-state index is 0.00741. The molecule has 2 unspecified atom stereocenters. The first-order valence-corrected chi connectivity index (χ1v) is 8.86. The van der Waals surface area contributed by atoms with Crippen molar-refractivity contribution in [3.05, 3.63) is 59.1 Å². The lowest BCUT2D eigenvalue weighted by Gasteiger charge is -2.26. The third kappa shape index (κ3) is 5.89. The average molecular weight is 396 g/mol. The Kier molecular flexibility index (Phi) is 7.97. The van der Waals surface area contributed by atoms with Crippen LogP contribution in [0.2, 0.25) is 0 Å². The van der Waals surface area contributed by atoms with Crippen molar-refractivity contribution in [3.63, 3.8) is 0 Å². The number of ether oxygens (including phenoxy) is 2. The summed E-state index contributed by atoms with van der Waals surface area (Å²) in [6.07, 6.45) is 3.56. The lowest BCUT2D eigenvalue weighted by Crippen LogP contribution is -2.40. The quantitative estimate of drug-likeness (QED) is 0.724. The van der Waals surface area contributed by atoms with Gasteiger partial charge >= 0.3 is 0 Å².